The van der Waals surface area contributed by atoms with Gasteiger partial charge in [-0.15, -0.1) is 0 Å². The van der Waals surface area contributed by atoms with Crippen molar-refractivity contribution in [3.05, 3.63) is 70.3 Å². The number of nitrogens with one attached hydrogen (secondary N) is 1. The lowest BCUT2D eigenvalue weighted by molar-refractivity contribution is -0.385. The molecule has 0 fully saturated rings. The summed E-state index contributed by atoms with van der Waals surface area (Å²) < 4.78 is 15.6. The minimum atomic E-state index is -1.01. The molecule has 0 atom stereocenters. The van der Waals surface area contributed by atoms with Crippen molar-refractivity contribution in [2.24, 2.45) is 0 Å². The first-order valence-corrected chi connectivity index (χ1v) is 9.05. The lowest BCUT2D eigenvalue weighted by Crippen LogP contribution is -2.22. The maximum Gasteiger partial charge on any atom is 0.345 e. The molecule has 0 aromatic heterocycles. The van der Waals surface area contributed by atoms with E-state index in [9.17, 15) is 19.7 Å². The number of nitrogens with zero attached hydrogens (tertiary/aromatic N) is 1. The van der Waals surface area contributed by atoms with Gasteiger partial charge in [0.1, 0.15) is 18.8 Å². The average molecular weight is 408 g/mol. The predicted octanol–water partition coefficient (Wildman–Crippen LogP) is 3.31. The number of esters is 1. The third kappa shape index (κ3) is 4.00. The summed E-state index contributed by atoms with van der Waals surface area (Å²) in [5.41, 5.74) is -0.262. The Balaban J connectivity index is 1.44. The largest absolute Gasteiger partial charge is 0.486 e. The first-order valence-electron chi connectivity index (χ1n) is 9.05. The number of carbonyl (C=O) groups is 2. The highest BCUT2D eigenvalue weighted by Gasteiger charge is 2.27. The summed E-state index contributed by atoms with van der Waals surface area (Å²) in [6.07, 6.45) is 0. The molecule has 9 heteroatoms. The van der Waals surface area contributed by atoms with Crippen LogP contribution in [-0.4, -0.2) is 36.6 Å². The van der Waals surface area contributed by atoms with Gasteiger partial charge in [-0.3, -0.25) is 14.9 Å². The van der Waals surface area contributed by atoms with Crippen LogP contribution in [0.5, 0.6) is 11.5 Å². The third-order valence-electron chi connectivity index (χ3n) is 4.44. The molecule has 0 bridgehead atoms. The normalized spacial score (nSPS) is 12.3. The SMILES string of the molecule is O=C(COC(=O)c1cc2c(cc1[N+](=O)[O-])OCCO2)Nc1ccc2ccccc2c1. The van der Waals surface area contributed by atoms with E-state index in [0.717, 1.165) is 16.8 Å². The fraction of sp³-hybridized carbons (Fsp3) is 0.143. The lowest BCUT2D eigenvalue weighted by Gasteiger charge is -2.18. The summed E-state index contributed by atoms with van der Waals surface area (Å²) in [7, 11) is 0. The molecule has 152 valence electrons. The molecular weight excluding hydrogens is 392 g/mol. The molecule has 9 nitrogen and oxygen atoms in total. The lowest BCUT2D eigenvalue weighted by atomic mass is 10.1. The quantitative estimate of drug-likeness (QED) is 0.391. The van der Waals surface area contributed by atoms with Crippen molar-refractivity contribution >= 4 is 34.0 Å². The van der Waals surface area contributed by atoms with Crippen LogP contribution in [0.4, 0.5) is 11.4 Å². The van der Waals surface area contributed by atoms with Crippen LogP contribution in [0.1, 0.15) is 10.4 Å². The topological polar surface area (TPSA) is 117 Å². The zero-order valence-electron chi connectivity index (χ0n) is 15.6. The van der Waals surface area contributed by atoms with E-state index in [0.29, 0.717) is 5.69 Å². The molecule has 3 aromatic rings. The smallest absolute Gasteiger partial charge is 0.345 e. The Morgan fingerprint density at radius 2 is 1.70 bits per heavy atom. The van der Waals surface area contributed by atoms with Gasteiger partial charge in [0.05, 0.1) is 11.0 Å². The zero-order valence-corrected chi connectivity index (χ0v) is 15.6. The van der Waals surface area contributed by atoms with Crippen LogP contribution in [0.3, 0.4) is 0 Å². The molecular formula is C21H16N2O7. The number of fused-ring (bicyclic) bond motifs is 2. The Morgan fingerprint density at radius 1 is 1.00 bits per heavy atom. The monoisotopic (exact) mass is 408 g/mol. The molecule has 0 radical (unpaired) electrons. The van der Waals surface area contributed by atoms with Crippen molar-refractivity contribution < 1.29 is 28.7 Å². The van der Waals surface area contributed by atoms with Gasteiger partial charge in [-0.2, -0.15) is 0 Å². The Labute approximate surface area is 170 Å². The maximum atomic E-state index is 12.4. The van der Waals surface area contributed by atoms with E-state index in [-0.39, 0.29) is 30.3 Å². The Bertz CT molecular complexity index is 1160. The number of ether oxygens (including phenoxy) is 3. The van der Waals surface area contributed by atoms with Gasteiger partial charge in [-0.25, -0.2) is 4.79 Å². The van der Waals surface area contributed by atoms with E-state index in [2.05, 4.69) is 5.32 Å². The minimum absolute atomic E-state index is 0.179. The summed E-state index contributed by atoms with van der Waals surface area (Å²) in [5, 5.41) is 15.9. The van der Waals surface area contributed by atoms with Gasteiger partial charge in [-0.05, 0) is 22.9 Å². The van der Waals surface area contributed by atoms with Gasteiger partial charge in [0.15, 0.2) is 18.1 Å². The van der Waals surface area contributed by atoms with Gasteiger partial charge < -0.3 is 19.5 Å². The van der Waals surface area contributed by atoms with Gasteiger partial charge in [0.25, 0.3) is 11.6 Å². The number of hydrogen-bond acceptors (Lipinski definition) is 7. The van der Waals surface area contributed by atoms with Crippen LogP contribution in [0.15, 0.2) is 54.6 Å². The van der Waals surface area contributed by atoms with Gasteiger partial charge in [0.2, 0.25) is 0 Å². The molecule has 4 rings (SSSR count). The van der Waals surface area contributed by atoms with Crippen molar-refractivity contribution in [1.29, 1.82) is 0 Å². The molecule has 1 N–H and O–H groups in total. The highest BCUT2D eigenvalue weighted by molar-refractivity contribution is 5.99. The van der Waals surface area contributed by atoms with Crippen molar-refractivity contribution in [2.75, 3.05) is 25.1 Å². The second-order valence-corrected chi connectivity index (χ2v) is 6.46. The molecule has 1 aliphatic rings. The van der Waals surface area contributed by atoms with Crippen molar-refractivity contribution in [1.82, 2.24) is 0 Å². The molecule has 0 spiro atoms. The van der Waals surface area contributed by atoms with Crippen LogP contribution in [0.2, 0.25) is 0 Å². The third-order valence-corrected chi connectivity index (χ3v) is 4.44. The second-order valence-electron chi connectivity index (χ2n) is 6.46. The van der Waals surface area contributed by atoms with E-state index >= 15 is 0 Å². The second kappa shape index (κ2) is 8.08. The molecule has 3 aromatic carbocycles. The van der Waals surface area contributed by atoms with Crippen LogP contribution in [0.25, 0.3) is 10.8 Å². The number of hydrogen-bond donors (Lipinski definition) is 1. The molecule has 1 heterocycles. The number of nitro benzene ring substituents is 1. The number of carbonyl (C=O) groups excluding carboxylic acids is 2. The maximum absolute atomic E-state index is 12.4. The molecule has 0 saturated heterocycles. The summed E-state index contributed by atoms with van der Waals surface area (Å²) in [4.78, 5) is 35.2. The number of nitro groups is 1. The van der Waals surface area contributed by atoms with E-state index < -0.39 is 29.1 Å². The fourth-order valence-corrected chi connectivity index (χ4v) is 3.07. The standard InChI is InChI=1S/C21H16N2O7/c24-20(22-15-6-5-13-3-1-2-4-14(13)9-15)12-30-21(25)16-10-18-19(29-8-7-28-18)11-17(16)23(26)27/h1-6,9-11H,7-8,12H2,(H,22,24). The van der Waals surface area contributed by atoms with Crippen LogP contribution < -0.4 is 14.8 Å². The Hall–Kier alpha value is -4.14. The highest BCUT2D eigenvalue weighted by atomic mass is 16.6. The average Bonchev–Trinajstić information content (AvgIpc) is 2.76. The van der Waals surface area contributed by atoms with Crippen molar-refractivity contribution in [2.45, 2.75) is 0 Å². The minimum Gasteiger partial charge on any atom is -0.486 e. The summed E-state index contributed by atoms with van der Waals surface area (Å²) in [5.74, 6) is -1.19. The Morgan fingerprint density at radius 3 is 2.43 bits per heavy atom. The van der Waals surface area contributed by atoms with E-state index in [1.54, 1.807) is 12.1 Å². The van der Waals surface area contributed by atoms with Crippen LogP contribution >= 0.6 is 0 Å². The first-order chi connectivity index (χ1) is 14.5. The van der Waals surface area contributed by atoms with E-state index in [1.165, 1.54) is 6.07 Å². The molecule has 0 unspecified atom stereocenters. The van der Waals surface area contributed by atoms with Gasteiger partial charge >= 0.3 is 5.97 Å². The zero-order chi connectivity index (χ0) is 21.1. The van der Waals surface area contributed by atoms with Crippen LogP contribution in [-0.2, 0) is 9.53 Å². The number of anilines is 1. The summed E-state index contributed by atoms with van der Waals surface area (Å²) in [6.45, 7) is -0.0897. The molecule has 0 aliphatic carbocycles. The molecule has 1 aliphatic heterocycles. The van der Waals surface area contributed by atoms with Crippen molar-refractivity contribution in [3.63, 3.8) is 0 Å². The molecule has 1 amide bonds. The molecule has 30 heavy (non-hydrogen) atoms. The Kier molecular flexibility index (Phi) is 5.17. The van der Waals surface area contributed by atoms with Gasteiger partial charge in [-0.1, -0.05) is 30.3 Å². The fourth-order valence-electron chi connectivity index (χ4n) is 3.07. The van der Waals surface area contributed by atoms with Gasteiger partial charge in [0, 0.05) is 11.8 Å². The summed E-state index contributed by atoms with van der Waals surface area (Å²) >= 11 is 0. The summed E-state index contributed by atoms with van der Waals surface area (Å²) in [6, 6.07) is 15.3. The van der Waals surface area contributed by atoms with E-state index in [4.69, 9.17) is 14.2 Å². The highest BCUT2D eigenvalue weighted by Crippen LogP contribution is 2.36. The van der Waals surface area contributed by atoms with Crippen LogP contribution in [0, 0.1) is 10.1 Å². The first kappa shape index (κ1) is 19.2. The number of amides is 1. The number of rotatable bonds is 5. The molecule has 0 saturated carbocycles. The van der Waals surface area contributed by atoms with Crippen molar-refractivity contribution in [3.8, 4) is 11.5 Å². The number of benzene rings is 3. The van der Waals surface area contributed by atoms with E-state index in [1.807, 2.05) is 30.3 Å². The predicted molar refractivity (Wildman–Crippen MR) is 107 cm³/mol.